The molecule has 0 unspecified atom stereocenters. The monoisotopic (exact) mass is 361 g/mol. The predicted molar refractivity (Wildman–Crippen MR) is 93.9 cm³/mol. The summed E-state index contributed by atoms with van der Waals surface area (Å²) in [6.45, 7) is 4.22. The molecular weight excluding hydrogens is 342 g/mol. The maximum atomic E-state index is 12.5. The van der Waals surface area contributed by atoms with Crippen LogP contribution in [0.2, 0.25) is 5.02 Å². The number of hydrogen-bond acceptors (Lipinski definition) is 3. The van der Waals surface area contributed by atoms with Crippen molar-refractivity contribution in [2.24, 2.45) is 5.41 Å². The van der Waals surface area contributed by atoms with E-state index in [1.807, 2.05) is 31.2 Å². The molecule has 1 amide bonds. The van der Waals surface area contributed by atoms with E-state index in [4.69, 9.17) is 11.6 Å². The van der Waals surface area contributed by atoms with Crippen LogP contribution in [-0.2, 0) is 11.3 Å². The summed E-state index contributed by atoms with van der Waals surface area (Å²) in [6, 6.07) is 7.50. The minimum atomic E-state index is -0.851. The van der Waals surface area contributed by atoms with E-state index in [0.29, 0.717) is 35.7 Å². The molecule has 2 N–H and O–H groups in total. The van der Waals surface area contributed by atoms with E-state index in [-0.39, 0.29) is 12.5 Å². The van der Waals surface area contributed by atoms with E-state index < -0.39 is 11.4 Å². The molecule has 1 aromatic heterocycles. The van der Waals surface area contributed by atoms with Crippen molar-refractivity contribution in [1.29, 1.82) is 0 Å². The third-order valence-corrected chi connectivity index (χ3v) is 5.15. The van der Waals surface area contributed by atoms with E-state index in [1.165, 1.54) is 0 Å². The average Bonchev–Trinajstić information content (AvgIpc) is 3.30. The molecule has 132 valence electrons. The fourth-order valence-electron chi connectivity index (χ4n) is 2.92. The highest BCUT2D eigenvalue weighted by atomic mass is 35.5. The predicted octanol–water partition coefficient (Wildman–Crippen LogP) is 2.80. The van der Waals surface area contributed by atoms with Gasteiger partial charge in [0, 0.05) is 17.3 Å². The van der Waals surface area contributed by atoms with Crippen molar-refractivity contribution < 1.29 is 14.7 Å². The molecule has 0 aliphatic heterocycles. The topological polar surface area (TPSA) is 84.2 Å². The molecule has 6 nitrogen and oxygen atoms in total. The minimum absolute atomic E-state index is 0.149. The molecule has 0 bridgehead atoms. The van der Waals surface area contributed by atoms with E-state index in [2.05, 4.69) is 10.4 Å². The molecule has 25 heavy (non-hydrogen) atoms. The zero-order chi connectivity index (χ0) is 18.2. The van der Waals surface area contributed by atoms with Gasteiger partial charge in [0.25, 0.3) is 5.91 Å². The standard InChI is InChI=1S/C18H20ClN3O3/c1-11-15(16(23)20-10-18(7-8-18)17(24)25)12(2)22(21-11)9-13-5-3-4-6-14(13)19/h3-6H,7-10H2,1-2H3,(H,20,23)(H,24,25). The lowest BCUT2D eigenvalue weighted by Gasteiger charge is -2.11. The van der Waals surface area contributed by atoms with E-state index >= 15 is 0 Å². The number of halogens is 1. The van der Waals surface area contributed by atoms with Crippen LogP contribution in [0.15, 0.2) is 24.3 Å². The summed E-state index contributed by atoms with van der Waals surface area (Å²) in [5.41, 5.74) is 1.97. The zero-order valence-electron chi connectivity index (χ0n) is 14.2. The highest BCUT2D eigenvalue weighted by Gasteiger charge is 2.50. The molecular formula is C18H20ClN3O3. The number of carboxylic acid groups (broad SMARTS) is 1. The number of rotatable bonds is 6. The average molecular weight is 362 g/mol. The Hall–Kier alpha value is -2.34. The van der Waals surface area contributed by atoms with Crippen LogP contribution >= 0.6 is 11.6 Å². The van der Waals surface area contributed by atoms with Crippen molar-refractivity contribution in [2.75, 3.05) is 6.54 Å². The molecule has 2 aromatic rings. The Morgan fingerprint density at radius 3 is 2.60 bits per heavy atom. The molecule has 1 fully saturated rings. The van der Waals surface area contributed by atoms with Crippen molar-refractivity contribution in [2.45, 2.75) is 33.2 Å². The summed E-state index contributed by atoms with van der Waals surface area (Å²) >= 11 is 6.20. The van der Waals surface area contributed by atoms with Crippen LogP contribution in [0.3, 0.4) is 0 Å². The summed E-state index contributed by atoms with van der Waals surface area (Å²) < 4.78 is 1.75. The second-order valence-electron chi connectivity index (χ2n) is 6.56. The first-order valence-electron chi connectivity index (χ1n) is 8.13. The second kappa shape index (κ2) is 6.52. The van der Waals surface area contributed by atoms with Crippen LogP contribution in [0.4, 0.5) is 0 Å². The number of aryl methyl sites for hydroxylation is 1. The molecule has 0 radical (unpaired) electrons. The first-order valence-corrected chi connectivity index (χ1v) is 8.51. The molecule has 7 heteroatoms. The summed E-state index contributed by atoms with van der Waals surface area (Å²) in [6.07, 6.45) is 1.21. The Morgan fingerprint density at radius 1 is 1.32 bits per heavy atom. The van der Waals surface area contributed by atoms with Crippen LogP contribution in [0.25, 0.3) is 0 Å². The van der Waals surface area contributed by atoms with Gasteiger partial charge in [-0.2, -0.15) is 5.10 Å². The van der Waals surface area contributed by atoms with Gasteiger partial charge in [0.2, 0.25) is 0 Å². The van der Waals surface area contributed by atoms with Crippen LogP contribution < -0.4 is 5.32 Å². The Balaban J connectivity index is 1.76. The van der Waals surface area contributed by atoms with E-state index in [0.717, 1.165) is 11.3 Å². The highest BCUT2D eigenvalue weighted by Crippen LogP contribution is 2.45. The van der Waals surface area contributed by atoms with Crippen molar-refractivity contribution in [3.05, 3.63) is 51.8 Å². The Bertz CT molecular complexity index is 840. The lowest BCUT2D eigenvalue weighted by molar-refractivity contribution is -0.143. The van der Waals surface area contributed by atoms with Crippen molar-refractivity contribution >= 4 is 23.5 Å². The number of carbonyl (C=O) groups excluding carboxylic acids is 1. The first kappa shape index (κ1) is 17.5. The molecule has 1 aliphatic rings. The largest absolute Gasteiger partial charge is 0.481 e. The Morgan fingerprint density at radius 2 is 2.00 bits per heavy atom. The van der Waals surface area contributed by atoms with Gasteiger partial charge in [0.05, 0.1) is 23.2 Å². The van der Waals surface area contributed by atoms with Gasteiger partial charge in [-0.1, -0.05) is 29.8 Å². The second-order valence-corrected chi connectivity index (χ2v) is 6.97. The lowest BCUT2D eigenvalue weighted by atomic mass is 10.1. The number of carbonyl (C=O) groups is 2. The summed E-state index contributed by atoms with van der Waals surface area (Å²) in [5.74, 6) is -1.14. The van der Waals surface area contributed by atoms with E-state index in [9.17, 15) is 14.7 Å². The number of nitrogens with zero attached hydrogens (tertiary/aromatic N) is 2. The third-order valence-electron chi connectivity index (χ3n) is 4.78. The fraction of sp³-hybridized carbons (Fsp3) is 0.389. The van der Waals surface area contributed by atoms with Gasteiger partial charge in [0.1, 0.15) is 0 Å². The van der Waals surface area contributed by atoms with Crippen molar-refractivity contribution in [3.8, 4) is 0 Å². The van der Waals surface area contributed by atoms with Crippen LogP contribution in [0.5, 0.6) is 0 Å². The number of benzene rings is 1. The third kappa shape index (κ3) is 3.39. The maximum absolute atomic E-state index is 12.5. The van der Waals surface area contributed by atoms with Gasteiger partial charge < -0.3 is 10.4 Å². The smallest absolute Gasteiger partial charge is 0.311 e. The molecule has 1 saturated carbocycles. The molecule has 1 aromatic carbocycles. The van der Waals surface area contributed by atoms with Gasteiger partial charge in [-0.3, -0.25) is 14.3 Å². The van der Waals surface area contributed by atoms with E-state index in [1.54, 1.807) is 11.6 Å². The number of nitrogens with one attached hydrogen (secondary N) is 1. The van der Waals surface area contributed by atoms with Gasteiger partial charge in [0.15, 0.2) is 0 Å². The first-order chi connectivity index (χ1) is 11.8. The van der Waals surface area contributed by atoms with Crippen LogP contribution in [-0.4, -0.2) is 33.3 Å². The molecule has 0 spiro atoms. The number of aromatic nitrogens is 2. The highest BCUT2D eigenvalue weighted by molar-refractivity contribution is 6.31. The zero-order valence-corrected chi connectivity index (χ0v) is 14.9. The molecule has 3 rings (SSSR count). The number of aliphatic carboxylic acids is 1. The Kier molecular flexibility index (Phi) is 4.56. The van der Waals surface area contributed by atoms with Gasteiger partial charge in [-0.25, -0.2) is 0 Å². The van der Waals surface area contributed by atoms with Crippen molar-refractivity contribution in [1.82, 2.24) is 15.1 Å². The molecule has 0 atom stereocenters. The number of hydrogen-bond donors (Lipinski definition) is 2. The fourth-order valence-corrected chi connectivity index (χ4v) is 3.12. The maximum Gasteiger partial charge on any atom is 0.311 e. The number of amides is 1. The Labute approximate surface area is 150 Å². The van der Waals surface area contributed by atoms with Gasteiger partial charge >= 0.3 is 5.97 Å². The van der Waals surface area contributed by atoms with Crippen LogP contribution in [0, 0.1) is 19.3 Å². The minimum Gasteiger partial charge on any atom is -0.481 e. The molecule has 1 aliphatic carbocycles. The summed E-state index contributed by atoms with van der Waals surface area (Å²) in [5, 5.41) is 17.1. The summed E-state index contributed by atoms with van der Waals surface area (Å²) in [7, 11) is 0. The quantitative estimate of drug-likeness (QED) is 0.828. The van der Waals surface area contributed by atoms with Gasteiger partial charge in [-0.05, 0) is 38.3 Å². The van der Waals surface area contributed by atoms with Crippen LogP contribution in [0.1, 0.15) is 40.2 Å². The van der Waals surface area contributed by atoms with Gasteiger partial charge in [-0.15, -0.1) is 0 Å². The normalized spacial score (nSPS) is 15.0. The SMILES string of the molecule is Cc1nn(Cc2ccccc2Cl)c(C)c1C(=O)NCC1(C(=O)O)CC1. The summed E-state index contributed by atoms with van der Waals surface area (Å²) in [4.78, 5) is 23.8. The van der Waals surface area contributed by atoms with Crippen molar-refractivity contribution in [3.63, 3.8) is 0 Å². The lowest BCUT2D eigenvalue weighted by Crippen LogP contribution is -2.34. The molecule has 0 saturated heterocycles. The molecule has 1 heterocycles. The number of carboxylic acids is 1.